The maximum absolute atomic E-state index is 3.63. The molecule has 0 fully saturated rings. The lowest BCUT2D eigenvalue weighted by Gasteiger charge is -2.24. The highest BCUT2D eigenvalue weighted by Gasteiger charge is 2.23. The van der Waals surface area contributed by atoms with Crippen molar-refractivity contribution in [1.82, 2.24) is 0 Å². The van der Waals surface area contributed by atoms with E-state index < -0.39 is 0 Å². The second kappa shape index (κ2) is 10.3. The minimum atomic E-state index is -0.0317. The van der Waals surface area contributed by atoms with Gasteiger partial charge in [-0.2, -0.15) is 0 Å². The van der Waals surface area contributed by atoms with Crippen LogP contribution in [0.15, 0.2) is 72.8 Å². The first-order chi connectivity index (χ1) is 18.4. The van der Waals surface area contributed by atoms with E-state index >= 15 is 0 Å². The van der Waals surface area contributed by atoms with Gasteiger partial charge in [0.15, 0.2) is 0 Å². The van der Waals surface area contributed by atoms with Gasteiger partial charge >= 0.3 is 0 Å². The van der Waals surface area contributed by atoms with Crippen LogP contribution in [0.4, 0.5) is 0 Å². The van der Waals surface area contributed by atoms with E-state index in [4.69, 9.17) is 0 Å². The van der Waals surface area contributed by atoms with Crippen LogP contribution in [0.3, 0.4) is 0 Å². The molecular formula is C40H48. The van der Waals surface area contributed by atoms with Crippen molar-refractivity contribution in [2.24, 2.45) is 0 Å². The van der Waals surface area contributed by atoms with Crippen molar-refractivity contribution in [1.29, 1.82) is 0 Å². The van der Waals surface area contributed by atoms with Gasteiger partial charge in [-0.15, -0.1) is 0 Å². The standard InChI is InChI=1S/C40H48/c1-37(2,3)29-17-13-27(14-18-29)33-23-21-31(39(7,8)9)25-35(33)36-26-32(40(10,11)12)22-24-34(36)28-15-19-30(20-16-28)38(4,5)6/h13-21,23,25-26H,1-12H3. The molecule has 4 aromatic carbocycles. The Morgan fingerprint density at radius 1 is 0.375 bits per heavy atom. The van der Waals surface area contributed by atoms with Gasteiger partial charge in [-0.1, -0.05) is 156 Å². The Balaban J connectivity index is 2.01. The first-order valence-electron chi connectivity index (χ1n) is 14.7. The summed E-state index contributed by atoms with van der Waals surface area (Å²) in [5, 5.41) is 0. The Kier molecular flexibility index (Phi) is 7.62. The van der Waals surface area contributed by atoms with Crippen LogP contribution in [0.5, 0.6) is 0 Å². The van der Waals surface area contributed by atoms with Gasteiger partial charge in [0, 0.05) is 11.1 Å². The molecule has 0 N–H and O–H groups in total. The van der Waals surface area contributed by atoms with E-state index in [9.17, 15) is 0 Å². The molecule has 0 heterocycles. The maximum Gasteiger partial charge on any atom is 0.0400 e. The monoisotopic (exact) mass is 528 g/mol. The number of rotatable bonds is 3. The highest BCUT2D eigenvalue weighted by Crippen LogP contribution is 2.42. The van der Waals surface area contributed by atoms with Crippen LogP contribution in [0.1, 0.15) is 105 Å². The molecule has 0 aliphatic rings. The van der Waals surface area contributed by atoms with Gasteiger partial charge in [-0.3, -0.25) is 0 Å². The van der Waals surface area contributed by atoms with Crippen molar-refractivity contribution in [2.45, 2.75) is 105 Å². The molecule has 208 valence electrons. The summed E-state index contributed by atoms with van der Waals surface area (Å²) in [5.41, 5.74) is 12.7. The van der Waals surface area contributed by atoms with E-state index in [1.54, 1.807) is 0 Å². The maximum atomic E-state index is 3.63. The fraction of sp³-hybridized carbons (Fsp3) is 0.400. The summed E-state index contributed by atoms with van der Waals surface area (Å²) in [7, 11) is 0. The van der Waals surface area contributed by atoms with Crippen molar-refractivity contribution in [3.63, 3.8) is 0 Å². The summed E-state index contributed by atoms with van der Waals surface area (Å²) in [5.74, 6) is 0. The molecule has 4 rings (SSSR count). The number of benzene rings is 3. The zero-order valence-electron chi connectivity index (χ0n) is 26.9. The highest BCUT2D eigenvalue weighted by molar-refractivity contribution is 5.92. The van der Waals surface area contributed by atoms with Gasteiger partial charge in [-0.25, -0.2) is 0 Å². The van der Waals surface area contributed by atoms with Crippen LogP contribution in [0, 0.1) is 12.1 Å². The van der Waals surface area contributed by atoms with Gasteiger partial charge in [0.05, 0.1) is 0 Å². The minimum Gasteiger partial charge on any atom is -0.0655 e. The van der Waals surface area contributed by atoms with E-state index in [1.165, 1.54) is 50.1 Å². The Morgan fingerprint density at radius 3 is 1.27 bits per heavy atom. The molecule has 0 aromatic heterocycles. The molecule has 0 aliphatic heterocycles. The second-order valence-corrected chi connectivity index (χ2v) is 15.5. The van der Waals surface area contributed by atoms with Crippen LogP contribution in [-0.2, 0) is 21.7 Å². The van der Waals surface area contributed by atoms with Crippen molar-refractivity contribution in [3.05, 3.63) is 107 Å². The predicted octanol–water partition coefficient (Wildman–Crippen LogP) is 11.5. The molecule has 0 unspecified atom stereocenters. The molecule has 0 radical (unpaired) electrons. The van der Waals surface area contributed by atoms with Crippen LogP contribution in [0.2, 0.25) is 0 Å². The smallest absolute Gasteiger partial charge is 0.0400 e. The van der Waals surface area contributed by atoms with Crippen molar-refractivity contribution < 1.29 is 0 Å². The molecule has 0 amide bonds. The average Bonchev–Trinajstić information content (AvgIpc) is 2.86. The number of hydrogen-bond acceptors (Lipinski definition) is 0. The van der Waals surface area contributed by atoms with Crippen LogP contribution in [-0.4, -0.2) is 0 Å². The molecule has 0 heteroatoms. The summed E-state index contributed by atoms with van der Waals surface area (Å²) in [6.45, 7) is 27.3. The van der Waals surface area contributed by atoms with E-state index in [-0.39, 0.29) is 21.7 Å². The first-order valence-corrected chi connectivity index (χ1v) is 14.7. The summed E-state index contributed by atoms with van der Waals surface area (Å²) >= 11 is 0. The van der Waals surface area contributed by atoms with Crippen molar-refractivity contribution in [2.75, 3.05) is 0 Å². The molecule has 0 aliphatic carbocycles. The third-order valence-corrected chi connectivity index (χ3v) is 7.97. The normalized spacial score (nSPS) is 12.8. The predicted molar refractivity (Wildman–Crippen MR) is 175 cm³/mol. The largest absolute Gasteiger partial charge is 0.0655 e. The molecule has 0 bridgehead atoms. The fourth-order valence-electron chi connectivity index (χ4n) is 5.07. The zero-order chi connectivity index (χ0) is 29.7. The van der Waals surface area contributed by atoms with Crippen LogP contribution >= 0.6 is 0 Å². The highest BCUT2D eigenvalue weighted by atomic mass is 14.3. The lowest BCUT2D eigenvalue weighted by atomic mass is 9.79. The van der Waals surface area contributed by atoms with Gasteiger partial charge < -0.3 is 0 Å². The quantitative estimate of drug-likeness (QED) is 0.248. The zero-order valence-corrected chi connectivity index (χ0v) is 26.9. The Morgan fingerprint density at radius 2 is 0.825 bits per heavy atom. The van der Waals surface area contributed by atoms with Crippen LogP contribution in [0.25, 0.3) is 33.4 Å². The van der Waals surface area contributed by atoms with Gasteiger partial charge in [-0.05, 0) is 78.3 Å². The summed E-state index contributed by atoms with van der Waals surface area (Å²) in [6, 6.07) is 34.8. The van der Waals surface area contributed by atoms with E-state index in [0.29, 0.717) is 0 Å². The van der Waals surface area contributed by atoms with Crippen molar-refractivity contribution in [3.8, 4) is 33.4 Å². The lowest BCUT2D eigenvalue weighted by molar-refractivity contribution is 0.589. The Hall–Kier alpha value is -3.30. The molecule has 40 heavy (non-hydrogen) atoms. The van der Waals surface area contributed by atoms with Gasteiger partial charge in [0.2, 0.25) is 0 Å². The Bertz CT molecular complexity index is 1350. The molecule has 0 spiro atoms. The second-order valence-electron chi connectivity index (χ2n) is 15.5. The van der Waals surface area contributed by atoms with E-state index in [1.807, 2.05) is 0 Å². The molecule has 0 atom stereocenters. The summed E-state index contributed by atoms with van der Waals surface area (Å²) in [6.07, 6.45) is 0. The third kappa shape index (κ3) is 6.36. The third-order valence-electron chi connectivity index (χ3n) is 7.97. The lowest BCUT2D eigenvalue weighted by Crippen LogP contribution is -2.12. The van der Waals surface area contributed by atoms with E-state index in [2.05, 4.69) is 168 Å². The van der Waals surface area contributed by atoms with Gasteiger partial charge in [0.25, 0.3) is 0 Å². The fourth-order valence-corrected chi connectivity index (χ4v) is 5.07. The topological polar surface area (TPSA) is 0 Å². The molecule has 0 saturated carbocycles. The Labute approximate surface area is 244 Å². The molecule has 0 saturated heterocycles. The average molecular weight is 529 g/mol. The SMILES string of the molecule is CC(C)(C)c1c#cc(-c2ccc(C(C)(C)C)cc2)c(-c2cc(C(C)(C)C)ccc2-c2ccc(C(C)(C)C)cc2)c1. The van der Waals surface area contributed by atoms with Gasteiger partial charge in [0.1, 0.15) is 0 Å². The summed E-state index contributed by atoms with van der Waals surface area (Å²) < 4.78 is 0. The first kappa shape index (κ1) is 29.7. The minimum absolute atomic E-state index is 0.0317. The molecule has 4 aromatic rings. The molecular weight excluding hydrogens is 480 g/mol. The van der Waals surface area contributed by atoms with Crippen LogP contribution < -0.4 is 0 Å². The molecule has 0 nitrogen and oxygen atoms in total. The van der Waals surface area contributed by atoms with E-state index in [0.717, 1.165) is 5.56 Å². The van der Waals surface area contributed by atoms with Crippen molar-refractivity contribution >= 4 is 0 Å². The number of hydrogen-bond donors (Lipinski definition) is 0. The summed E-state index contributed by atoms with van der Waals surface area (Å²) in [4.78, 5) is 0.